The van der Waals surface area contributed by atoms with Gasteiger partial charge in [-0.2, -0.15) is 23.0 Å². The van der Waals surface area contributed by atoms with Crippen LogP contribution in [-0.2, 0) is 6.18 Å². The minimum atomic E-state index is -4.70. The highest BCUT2D eigenvalue weighted by molar-refractivity contribution is 5.71. The van der Waals surface area contributed by atoms with Crippen LogP contribution in [0.25, 0.3) is 39.9 Å². The number of aromatic nitrogens is 4. The van der Waals surface area contributed by atoms with Crippen LogP contribution in [0.15, 0.2) is 83.5 Å². The van der Waals surface area contributed by atoms with E-state index in [1.807, 2.05) is 12.1 Å². The maximum absolute atomic E-state index is 13.8. The highest BCUT2D eigenvalue weighted by atomic mass is 19.4. The van der Waals surface area contributed by atoms with Crippen molar-refractivity contribution < 1.29 is 27.1 Å². The third kappa shape index (κ3) is 4.52. The Labute approximate surface area is 203 Å². The molecule has 3 heterocycles. The molecule has 5 rings (SSSR count). The average molecular weight is 492 g/mol. The van der Waals surface area contributed by atoms with Crippen LogP contribution in [0.1, 0.15) is 5.69 Å². The molecule has 0 atom stereocenters. The molecule has 0 fully saturated rings. The van der Waals surface area contributed by atoms with Crippen LogP contribution >= 0.6 is 0 Å². The van der Waals surface area contributed by atoms with Gasteiger partial charge >= 0.3 is 6.18 Å². The third-order valence-electron chi connectivity index (χ3n) is 5.45. The fourth-order valence-corrected chi connectivity index (χ4v) is 3.63. The number of hydrogen-bond donors (Lipinski definition) is 0. The maximum Gasteiger partial charge on any atom is 0.433 e. The number of benzene rings is 2. The summed E-state index contributed by atoms with van der Waals surface area (Å²) in [6.45, 7) is 0. The molecule has 0 aliphatic heterocycles. The highest BCUT2D eigenvalue weighted by Gasteiger charge is 2.34. The van der Waals surface area contributed by atoms with E-state index in [4.69, 9.17) is 13.9 Å². The molecule has 10 heteroatoms. The normalized spacial score (nSPS) is 11.5. The molecule has 0 radical (unpaired) electrons. The molecular formula is C26H19F3N4O3. The third-order valence-corrected chi connectivity index (χ3v) is 5.45. The molecule has 3 aromatic heterocycles. The highest BCUT2D eigenvalue weighted by Crippen LogP contribution is 2.34. The number of hydrogen-bond acceptors (Lipinski definition) is 6. The van der Waals surface area contributed by atoms with E-state index in [2.05, 4.69) is 15.1 Å². The van der Waals surface area contributed by atoms with Gasteiger partial charge in [0.05, 0.1) is 31.9 Å². The van der Waals surface area contributed by atoms with Gasteiger partial charge in [0, 0.05) is 11.1 Å². The van der Waals surface area contributed by atoms with Crippen molar-refractivity contribution in [2.24, 2.45) is 0 Å². The number of alkyl halides is 3. The van der Waals surface area contributed by atoms with Gasteiger partial charge in [0.1, 0.15) is 17.2 Å². The maximum atomic E-state index is 13.8. The Morgan fingerprint density at radius 2 is 1.42 bits per heavy atom. The van der Waals surface area contributed by atoms with Crippen LogP contribution in [0.2, 0.25) is 0 Å². The van der Waals surface area contributed by atoms with Gasteiger partial charge in [0.25, 0.3) is 5.95 Å². The first kappa shape index (κ1) is 23.2. The van der Waals surface area contributed by atoms with Crippen LogP contribution in [0, 0.1) is 0 Å². The van der Waals surface area contributed by atoms with E-state index in [1.54, 1.807) is 62.8 Å². The van der Waals surface area contributed by atoms with Crippen molar-refractivity contribution in [1.82, 2.24) is 19.7 Å². The molecule has 0 aliphatic carbocycles. The largest absolute Gasteiger partial charge is 0.497 e. The van der Waals surface area contributed by atoms with Gasteiger partial charge in [0.2, 0.25) is 0 Å². The van der Waals surface area contributed by atoms with Crippen molar-refractivity contribution in [2.45, 2.75) is 6.18 Å². The molecule has 0 N–H and O–H groups in total. The predicted octanol–water partition coefficient (Wildman–Crippen LogP) is 6.29. The van der Waals surface area contributed by atoms with Crippen molar-refractivity contribution in [3.05, 3.63) is 84.8 Å². The molecule has 0 amide bonds. The molecule has 182 valence electrons. The molecule has 5 aromatic rings. The Kier molecular flexibility index (Phi) is 5.93. The van der Waals surface area contributed by atoms with Crippen LogP contribution in [-0.4, -0.2) is 34.0 Å². The number of ether oxygens (including phenoxy) is 2. The predicted molar refractivity (Wildman–Crippen MR) is 126 cm³/mol. The Hall–Kier alpha value is -4.60. The summed E-state index contributed by atoms with van der Waals surface area (Å²) in [4.78, 5) is 8.18. The van der Waals surface area contributed by atoms with Gasteiger partial charge in [-0.1, -0.05) is 0 Å². The second-order valence-electron chi connectivity index (χ2n) is 7.70. The van der Waals surface area contributed by atoms with E-state index in [9.17, 15) is 13.2 Å². The molecular weight excluding hydrogens is 473 g/mol. The monoisotopic (exact) mass is 492 g/mol. The molecule has 0 saturated heterocycles. The first-order valence-electron chi connectivity index (χ1n) is 10.7. The van der Waals surface area contributed by atoms with Gasteiger partial charge in [0.15, 0.2) is 11.5 Å². The van der Waals surface area contributed by atoms with Gasteiger partial charge in [-0.05, 0) is 72.8 Å². The lowest BCUT2D eigenvalue weighted by molar-refractivity contribution is -0.141. The zero-order valence-electron chi connectivity index (χ0n) is 19.2. The summed E-state index contributed by atoms with van der Waals surface area (Å²) in [5.41, 5.74) is 1.31. The molecule has 7 nitrogen and oxygen atoms in total. The second-order valence-corrected chi connectivity index (χ2v) is 7.70. The Bertz CT molecular complexity index is 1480. The lowest BCUT2D eigenvalue weighted by Crippen LogP contribution is -2.14. The zero-order valence-corrected chi connectivity index (χ0v) is 19.2. The number of furan rings is 1. The van der Waals surface area contributed by atoms with E-state index in [1.165, 1.54) is 17.0 Å². The number of nitrogens with zero attached hydrogens (tertiary/aromatic N) is 4. The Morgan fingerprint density at radius 3 is 1.97 bits per heavy atom. The summed E-state index contributed by atoms with van der Waals surface area (Å²) in [7, 11) is 3.11. The van der Waals surface area contributed by atoms with Gasteiger partial charge < -0.3 is 13.9 Å². The van der Waals surface area contributed by atoms with E-state index < -0.39 is 11.9 Å². The van der Waals surface area contributed by atoms with Crippen molar-refractivity contribution >= 4 is 0 Å². The minimum absolute atomic E-state index is 0.0143. The topological polar surface area (TPSA) is 75.2 Å². The molecule has 0 unspecified atom stereocenters. The standard InChI is InChI=1S/C26H19F3N4O3/c1-34-18-9-5-16(6-10-18)20-14-22(17-7-11-19(35-2)12-8-17)33(32-20)25-30-21(23-4-3-13-36-23)15-24(31-25)26(27,28)29/h3-15H,1-2H3. The average Bonchev–Trinajstić information content (AvgIpc) is 3.59. The lowest BCUT2D eigenvalue weighted by Gasteiger charge is -2.11. The summed E-state index contributed by atoms with van der Waals surface area (Å²) in [5.74, 6) is 1.23. The number of rotatable bonds is 6. The SMILES string of the molecule is COc1ccc(-c2cc(-c3ccc(OC)cc3)n(-c3nc(-c4ccco4)cc(C(F)(F)F)n3)n2)cc1. The van der Waals surface area contributed by atoms with E-state index >= 15 is 0 Å². The molecule has 0 saturated carbocycles. The molecule has 2 aromatic carbocycles. The molecule has 36 heavy (non-hydrogen) atoms. The summed E-state index contributed by atoms with van der Waals surface area (Å²) in [6, 6.07) is 20.0. The van der Waals surface area contributed by atoms with Gasteiger partial charge in [-0.15, -0.1) is 0 Å². The van der Waals surface area contributed by atoms with E-state index in [0.29, 0.717) is 28.5 Å². The van der Waals surface area contributed by atoms with Crippen molar-refractivity contribution in [3.63, 3.8) is 0 Å². The number of methoxy groups -OCH3 is 2. The fourth-order valence-electron chi connectivity index (χ4n) is 3.63. The van der Waals surface area contributed by atoms with Crippen LogP contribution in [0.5, 0.6) is 11.5 Å². The zero-order chi connectivity index (χ0) is 25.3. The van der Waals surface area contributed by atoms with Crippen LogP contribution in [0.4, 0.5) is 13.2 Å². The smallest absolute Gasteiger partial charge is 0.433 e. The Balaban J connectivity index is 1.72. The van der Waals surface area contributed by atoms with E-state index in [0.717, 1.165) is 11.6 Å². The summed E-state index contributed by atoms with van der Waals surface area (Å²) < 4.78 is 58.4. The fraction of sp³-hybridized carbons (Fsp3) is 0.115. The Morgan fingerprint density at radius 1 is 0.778 bits per heavy atom. The minimum Gasteiger partial charge on any atom is -0.497 e. The van der Waals surface area contributed by atoms with Crippen molar-refractivity contribution in [2.75, 3.05) is 14.2 Å². The second kappa shape index (κ2) is 9.21. The van der Waals surface area contributed by atoms with Crippen molar-refractivity contribution in [1.29, 1.82) is 0 Å². The van der Waals surface area contributed by atoms with E-state index in [-0.39, 0.29) is 17.4 Å². The molecule has 0 bridgehead atoms. The summed E-state index contributed by atoms with van der Waals surface area (Å²) in [6.07, 6.45) is -3.34. The first-order chi connectivity index (χ1) is 17.4. The van der Waals surface area contributed by atoms with Gasteiger partial charge in [-0.3, -0.25) is 0 Å². The summed E-state index contributed by atoms with van der Waals surface area (Å²) in [5, 5.41) is 4.59. The lowest BCUT2D eigenvalue weighted by atomic mass is 10.1. The summed E-state index contributed by atoms with van der Waals surface area (Å²) >= 11 is 0. The van der Waals surface area contributed by atoms with Gasteiger partial charge in [-0.25, -0.2) is 9.97 Å². The first-order valence-corrected chi connectivity index (χ1v) is 10.7. The van der Waals surface area contributed by atoms with Crippen LogP contribution in [0.3, 0.4) is 0 Å². The number of halogens is 3. The van der Waals surface area contributed by atoms with Crippen LogP contribution < -0.4 is 9.47 Å². The van der Waals surface area contributed by atoms with Crippen molar-refractivity contribution in [3.8, 4) is 51.4 Å². The quantitative estimate of drug-likeness (QED) is 0.277. The molecule has 0 spiro atoms. The molecule has 0 aliphatic rings.